The molecular formula is C16H26O9. The van der Waals surface area contributed by atoms with Crippen molar-refractivity contribution in [1.82, 2.24) is 0 Å². The van der Waals surface area contributed by atoms with E-state index in [-0.39, 0.29) is 12.2 Å². The quantitative estimate of drug-likeness (QED) is 0.298. The van der Waals surface area contributed by atoms with Crippen LogP contribution in [0, 0.1) is 16.7 Å². The molecule has 3 aliphatic rings. The van der Waals surface area contributed by atoms with Gasteiger partial charge in [-0.1, -0.05) is 20.8 Å². The van der Waals surface area contributed by atoms with Crippen molar-refractivity contribution in [2.45, 2.75) is 69.8 Å². The fourth-order valence-corrected chi connectivity index (χ4v) is 4.69. The normalized spacial score (nSPS) is 51.1. The maximum Gasteiger partial charge on any atom is 0.224 e. The van der Waals surface area contributed by atoms with E-state index >= 15 is 0 Å². The molecule has 6 N–H and O–H groups in total. The van der Waals surface area contributed by atoms with E-state index in [1.54, 1.807) is 6.92 Å². The molecule has 144 valence electrons. The Bertz CT molecular complexity index is 562. The minimum absolute atomic E-state index is 0.0627. The van der Waals surface area contributed by atoms with Gasteiger partial charge in [-0.2, -0.15) is 0 Å². The van der Waals surface area contributed by atoms with Crippen molar-refractivity contribution < 1.29 is 44.9 Å². The highest BCUT2D eigenvalue weighted by Gasteiger charge is 2.71. The Kier molecular flexibility index (Phi) is 4.34. The van der Waals surface area contributed by atoms with Crippen LogP contribution in [-0.4, -0.2) is 85.6 Å². The van der Waals surface area contributed by atoms with E-state index < -0.39 is 66.0 Å². The summed E-state index contributed by atoms with van der Waals surface area (Å²) in [5.41, 5.74) is -1.30. The molecule has 2 saturated carbocycles. The van der Waals surface area contributed by atoms with Crippen molar-refractivity contribution >= 4 is 5.78 Å². The number of aliphatic hydroxyl groups excluding tert-OH is 4. The first-order chi connectivity index (χ1) is 11.4. The van der Waals surface area contributed by atoms with Crippen LogP contribution in [0.15, 0.2) is 0 Å². The molecule has 2 bridgehead atoms. The van der Waals surface area contributed by atoms with Crippen LogP contribution in [0.3, 0.4) is 0 Å². The smallest absolute Gasteiger partial charge is 0.224 e. The van der Waals surface area contributed by atoms with Gasteiger partial charge in [0.25, 0.3) is 0 Å². The molecule has 1 heterocycles. The standard InChI is InChI=1S/C16H26O9/c1-14(2)8-6(18)4-15(14,3)12(9(8)19)25-13-11(21)16(22,23)10(20)7(5-17)24-13/h7-13,17,19-23H,4-5H2,1-3H3. The fourth-order valence-electron chi connectivity index (χ4n) is 4.69. The van der Waals surface area contributed by atoms with Crippen molar-refractivity contribution in [1.29, 1.82) is 0 Å². The molecule has 1 saturated heterocycles. The highest BCUT2D eigenvalue weighted by Crippen LogP contribution is 2.65. The third kappa shape index (κ3) is 2.35. The molecule has 1 aliphatic heterocycles. The molecule has 9 heteroatoms. The van der Waals surface area contributed by atoms with Gasteiger partial charge in [0.15, 0.2) is 12.4 Å². The van der Waals surface area contributed by atoms with Crippen molar-refractivity contribution in [3.63, 3.8) is 0 Å². The van der Waals surface area contributed by atoms with Gasteiger partial charge < -0.3 is 40.1 Å². The molecule has 3 fully saturated rings. The predicted molar refractivity (Wildman–Crippen MR) is 80.8 cm³/mol. The van der Waals surface area contributed by atoms with Crippen molar-refractivity contribution in [2.24, 2.45) is 16.7 Å². The molecule has 0 aromatic carbocycles. The van der Waals surface area contributed by atoms with Crippen LogP contribution in [0.2, 0.25) is 0 Å². The second-order valence-electron chi connectivity index (χ2n) is 8.21. The maximum atomic E-state index is 12.2. The van der Waals surface area contributed by atoms with Crippen molar-refractivity contribution in [3.8, 4) is 0 Å². The summed E-state index contributed by atoms with van der Waals surface area (Å²) >= 11 is 0. The average Bonchev–Trinajstić information content (AvgIpc) is 2.77. The Morgan fingerprint density at radius 2 is 1.76 bits per heavy atom. The zero-order valence-corrected chi connectivity index (χ0v) is 14.4. The van der Waals surface area contributed by atoms with Gasteiger partial charge in [-0.15, -0.1) is 0 Å². The summed E-state index contributed by atoms with van der Waals surface area (Å²) in [5.74, 6) is -3.65. The molecule has 0 radical (unpaired) electrons. The average molecular weight is 362 g/mol. The number of aliphatic hydroxyl groups is 6. The number of carbonyl (C=O) groups excluding carboxylic acids is 1. The highest BCUT2D eigenvalue weighted by atomic mass is 16.7. The monoisotopic (exact) mass is 362 g/mol. The number of ether oxygens (including phenoxy) is 2. The Balaban J connectivity index is 1.86. The number of rotatable bonds is 3. The first-order valence-electron chi connectivity index (χ1n) is 8.33. The number of hydrogen-bond acceptors (Lipinski definition) is 9. The van der Waals surface area contributed by atoms with Gasteiger partial charge in [-0.25, -0.2) is 0 Å². The van der Waals surface area contributed by atoms with Gasteiger partial charge in [-0.3, -0.25) is 4.79 Å². The van der Waals surface area contributed by atoms with Gasteiger partial charge in [0.05, 0.1) is 24.7 Å². The van der Waals surface area contributed by atoms with Gasteiger partial charge in [0, 0.05) is 11.8 Å². The SMILES string of the molecule is CC1(C)C2C(=O)CC1(C)C(OC1OC(CO)C(O)C(O)(O)C1O)C2O. The molecule has 0 aromatic rings. The summed E-state index contributed by atoms with van der Waals surface area (Å²) < 4.78 is 11.0. The Labute approximate surface area is 144 Å². The zero-order chi connectivity index (χ0) is 18.9. The third-order valence-corrected chi connectivity index (χ3v) is 6.67. The van der Waals surface area contributed by atoms with Crippen LogP contribution < -0.4 is 0 Å². The second kappa shape index (κ2) is 5.67. The van der Waals surface area contributed by atoms with Crippen molar-refractivity contribution in [2.75, 3.05) is 6.61 Å². The van der Waals surface area contributed by atoms with E-state index in [9.17, 15) is 35.4 Å². The topological polar surface area (TPSA) is 157 Å². The number of ketones is 1. The summed E-state index contributed by atoms with van der Waals surface area (Å²) in [6.07, 6.45) is -8.80. The highest BCUT2D eigenvalue weighted by molar-refractivity contribution is 5.87. The zero-order valence-electron chi connectivity index (χ0n) is 14.4. The lowest BCUT2D eigenvalue weighted by Crippen LogP contribution is -2.68. The van der Waals surface area contributed by atoms with Crippen LogP contribution in [0.4, 0.5) is 0 Å². The molecule has 3 rings (SSSR count). The number of Topliss-reactive ketones (excluding diaryl/α,β-unsaturated/α-hetero) is 1. The minimum Gasteiger partial charge on any atom is -0.394 e. The van der Waals surface area contributed by atoms with E-state index in [0.29, 0.717) is 0 Å². The van der Waals surface area contributed by atoms with Gasteiger partial charge in [0.2, 0.25) is 5.79 Å². The Hall–Kier alpha value is -0.650. The first kappa shape index (κ1) is 19.1. The molecular weight excluding hydrogens is 336 g/mol. The van der Waals surface area contributed by atoms with Crippen LogP contribution in [0.5, 0.6) is 0 Å². The lowest BCUT2D eigenvalue weighted by molar-refractivity contribution is -0.398. The molecule has 8 atom stereocenters. The summed E-state index contributed by atoms with van der Waals surface area (Å²) in [7, 11) is 0. The Morgan fingerprint density at radius 3 is 2.24 bits per heavy atom. The summed E-state index contributed by atoms with van der Waals surface area (Å²) in [6.45, 7) is 4.78. The van der Waals surface area contributed by atoms with Crippen LogP contribution in [0.1, 0.15) is 27.2 Å². The second-order valence-corrected chi connectivity index (χ2v) is 8.21. The number of hydrogen-bond donors (Lipinski definition) is 6. The molecule has 2 aliphatic carbocycles. The van der Waals surface area contributed by atoms with Crippen LogP contribution >= 0.6 is 0 Å². The van der Waals surface area contributed by atoms with E-state index in [1.165, 1.54) is 0 Å². The third-order valence-electron chi connectivity index (χ3n) is 6.67. The molecule has 0 amide bonds. The minimum atomic E-state index is -2.95. The van der Waals surface area contributed by atoms with E-state index in [0.717, 1.165) is 0 Å². The summed E-state index contributed by atoms with van der Waals surface area (Å²) in [4.78, 5) is 12.2. The Morgan fingerprint density at radius 1 is 1.16 bits per heavy atom. The van der Waals surface area contributed by atoms with Crippen molar-refractivity contribution in [3.05, 3.63) is 0 Å². The molecule has 0 aromatic heterocycles. The molecule has 9 nitrogen and oxygen atoms in total. The van der Waals surface area contributed by atoms with Crippen LogP contribution in [-0.2, 0) is 14.3 Å². The van der Waals surface area contributed by atoms with E-state index in [2.05, 4.69) is 0 Å². The van der Waals surface area contributed by atoms with Gasteiger partial charge in [0.1, 0.15) is 18.0 Å². The largest absolute Gasteiger partial charge is 0.394 e. The van der Waals surface area contributed by atoms with Gasteiger partial charge in [-0.05, 0) is 5.41 Å². The molecule has 0 spiro atoms. The summed E-state index contributed by atoms with van der Waals surface area (Å²) in [6, 6.07) is 0. The number of carbonyl (C=O) groups is 1. The maximum absolute atomic E-state index is 12.2. The van der Waals surface area contributed by atoms with Gasteiger partial charge >= 0.3 is 0 Å². The van der Waals surface area contributed by atoms with Crippen LogP contribution in [0.25, 0.3) is 0 Å². The van der Waals surface area contributed by atoms with E-state index in [4.69, 9.17) is 9.47 Å². The fraction of sp³-hybridized carbons (Fsp3) is 0.938. The molecule has 8 unspecified atom stereocenters. The first-order valence-corrected chi connectivity index (χ1v) is 8.33. The predicted octanol–water partition coefficient (Wildman–Crippen LogP) is -2.51. The lowest BCUT2D eigenvalue weighted by Gasteiger charge is -2.47. The molecule has 25 heavy (non-hydrogen) atoms. The van der Waals surface area contributed by atoms with E-state index in [1.807, 2.05) is 13.8 Å². The summed E-state index contributed by atoms with van der Waals surface area (Å²) in [5, 5.41) is 59.6. The number of fused-ring (bicyclic) bond motifs is 2. The lowest BCUT2D eigenvalue weighted by atomic mass is 9.70.